The normalized spacial score (nSPS) is 7.73. The average molecular weight is 6370 g/mol. The van der Waals surface area contributed by atoms with E-state index in [4.69, 9.17) is 127 Å². The van der Waals surface area contributed by atoms with E-state index in [0.29, 0.717) is 151 Å². The van der Waals surface area contributed by atoms with Crippen LogP contribution >= 0.6 is 0 Å². The third-order valence-corrected chi connectivity index (χ3v) is 10.4. The molecule has 0 amide bonds. The van der Waals surface area contributed by atoms with Gasteiger partial charge in [-0.15, -0.1) is 0 Å². The number of ether oxygens (including phenoxy) is 18. The van der Waals surface area contributed by atoms with Crippen molar-refractivity contribution < 1.29 is 710 Å². The van der Waals surface area contributed by atoms with Gasteiger partial charge in [-0.2, -0.15) is 0 Å². The molecule has 0 saturated heterocycles. The fourth-order valence-corrected chi connectivity index (χ4v) is 5.74. The zero-order valence-corrected chi connectivity index (χ0v) is 149. The number of hydrogen-bond acceptors (Lipinski definition) is 29. The van der Waals surface area contributed by atoms with Crippen LogP contribution < -0.4 is 28.4 Å². The van der Waals surface area contributed by atoms with Gasteiger partial charge in [0.15, 0.2) is 0 Å². The molecule has 0 fully saturated rings. The quantitative estimate of drug-likeness (QED) is 0.0185. The minimum Gasteiger partial charge on any atom is -0.508 e. The summed E-state index contributed by atoms with van der Waals surface area (Å²) in [7, 11) is 9.76. The van der Waals surface area contributed by atoms with Gasteiger partial charge in [-0.25, -0.2) is 0 Å². The van der Waals surface area contributed by atoms with Crippen LogP contribution in [0, 0.1) is 0 Å². The van der Waals surface area contributed by atoms with Crippen LogP contribution in [0.15, 0.2) is 121 Å². The molecule has 11 N–H and O–H groups in total. The standard InChI is InChI=1S/C15H24O6.C11H16O4.C10H14O4.C7H8O2.C6H6O2.C6H14O2.2C5H12O3.C4H10O3.27W/c1-17-8-9-19-11-13-21-15-4-2-14(3-5-15)20-12-10-18-7-6-16;1-13-10-2-4-11(5-3-10)15-9-8-14-7-6-12;11-5-6-13-7-8-14-10-3-1-9(12)2-4-10;1-9-7-4-2-6(8)3-5-7;7-5-1-2-6(8)4-3-5;1-3-4-8-6-5-7-2;2*1-7-4-5-8-3-2-6;5-1-3-7-4-2-6;;;;;;;;;;;;;;;;;;;;;;;;;;;/h2-5,16H,6-13H2,1H3;2-5,12H,6-9H2,1H3;1-4,11-12H,5-8H2;2-5,8H,1H3;1-4,7-8H;3-6H2,1-2H3;2*6H,2-5H2,1H3;5-6H,1-4H2;;;;;;;;;;;;;;;;;;;;;;;;;;;. The van der Waals surface area contributed by atoms with Crippen molar-refractivity contribution in [2.24, 2.45) is 0 Å². The number of rotatable bonds is 46. The summed E-state index contributed by atoms with van der Waals surface area (Å²) in [6.07, 6.45) is 1.09. The van der Waals surface area contributed by atoms with E-state index in [9.17, 15) is 0 Å². The Bertz CT molecular complexity index is 2260. The van der Waals surface area contributed by atoms with Crippen LogP contribution in [0.2, 0.25) is 0 Å². The second-order valence-electron chi connectivity index (χ2n) is 18.2. The molecule has 0 aliphatic carbocycles. The number of hydrogen-bond donors (Lipinski definition) is 11. The average Bonchev–Trinajstić information content (AvgIpc) is 0.956. The molecule has 29 nitrogen and oxygen atoms in total. The second kappa shape index (κ2) is 198. The van der Waals surface area contributed by atoms with Crippen molar-refractivity contribution >= 4 is 0 Å². The van der Waals surface area contributed by atoms with Crippen LogP contribution in [0.5, 0.6) is 57.5 Å². The topological polar surface area (TPSA) is 389 Å². The Balaban J connectivity index is -0.0000000273. The molecule has 125 heavy (non-hydrogen) atoms. The fraction of sp³-hybridized carbons (Fsp3) is 0.565. The molecular weight excluding hydrogens is 6260 g/mol. The molecule has 0 aliphatic rings. The first-order chi connectivity index (χ1) is 47.8. The number of aliphatic hydroxyl groups excluding tert-OH is 7. The van der Waals surface area contributed by atoms with E-state index < -0.39 is 0 Å². The SMILES string of the molecule is CCCOCCOC.COCCOCCO.COCCOCCO.COCCOCCOc1ccc(OCCOCCO)cc1.COc1ccc(O)cc1.COc1ccc(OCCOCCO)cc1.OCCOCCO.OCCOCCOc1ccc(O)cc1.Oc1ccc(O)cc1.[W].[W].[W].[W].[W].[W].[W].[W].[W].[W].[W].[W].[W].[W].[W].[W].[W].[W].[W].[W].[W].[W].[W].[W].[W].[W].[W]. The Morgan fingerprint density at radius 1 is 0.168 bits per heavy atom. The van der Waals surface area contributed by atoms with Crippen molar-refractivity contribution in [2.75, 3.05) is 247 Å². The summed E-state index contributed by atoms with van der Waals surface area (Å²) in [5, 5.41) is 93.1. The Labute approximate surface area is 1130 Å². The van der Waals surface area contributed by atoms with Crippen molar-refractivity contribution in [3.63, 3.8) is 0 Å². The minimum atomic E-state index is 0. The van der Waals surface area contributed by atoms with Crippen LogP contribution in [0.25, 0.3) is 0 Å². The smallest absolute Gasteiger partial charge is 0.119 e. The van der Waals surface area contributed by atoms with Gasteiger partial charge in [-0.3, -0.25) is 0 Å². The number of aliphatic hydroxyl groups is 7. The number of aromatic hydroxyl groups is 4. The monoisotopic (exact) mass is 6380 g/mol. The van der Waals surface area contributed by atoms with Crippen LogP contribution in [0.3, 0.4) is 0 Å². The fourth-order valence-electron chi connectivity index (χ4n) is 5.74. The summed E-state index contributed by atoms with van der Waals surface area (Å²) in [4.78, 5) is 0. The predicted molar refractivity (Wildman–Crippen MR) is 368 cm³/mol. The molecule has 0 radical (unpaired) electrons. The van der Waals surface area contributed by atoms with Crippen molar-refractivity contribution in [3.05, 3.63) is 121 Å². The van der Waals surface area contributed by atoms with Crippen LogP contribution in [-0.2, 0) is 626 Å². The van der Waals surface area contributed by atoms with Gasteiger partial charge in [0, 0.05) is 604 Å². The van der Waals surface area contributed by atoms with Gasteiger partial charge in [-0.1, -0.05) is 6.92 Å². The van der Waals surface area contributed by atoms with Gasteiger partial charge < -0.3 is 141 Å². The van der Waals surface area contributed by atoms with Crippen molar-refractivity contribution in [3.8, 4) is 57.5 Å². The minimum absolute atomic E-state index is 0. The maximum absolute atomic E-state index is 8.99. The molecule has 0 aliphatic heterocycles. The number of methoxy groups -OCH3 is 6. The molecule has 5 aromatic carbocycles. The Hall–Kier alpha value is 11.9. The van der Waals surface area contributed by atoms with E-state index in [1.807, 2.05) is 48.5 Å². The van der Waals surface area contributed by atoms with Crippen molar-refractivity contribution in [1.29, 1.82) is 0 Å². The summed E-state index contributed by atoms with van der Waals surface area (Å²) >= 11 is 0. The second-order valence-corrected chi connectivity index (χ2v) is 18.2. The predicted octanol–water partition coefficient (Wildman–Crippen LogP) is 4.74. The summed E-state index contributed by atoms with van der Waals surface area (Å²) in [6, 6.07) is 33.5. The van der Waals surface area contributed by atoms with E-state index in [1.165, 1.54) is 24.3 Å². The van der Waals surface area contributed by atoms with Gasteiger partial charge in [0.05, 0.1) is 186 Å². The van der Waals surface area contributed by atoms with Gasteiger partial charge >= 0.3 is 0 Å². The Kier molecular flexibility index (Phi) is 356. The molecule has 0 heterocycles. The Morgan fingerprint density at radius 3 is 0.456 bits per heavy atom. The molecule has 0 unspecified atom stereocenters. The van der Waals surface area contributed by atoms with Crippen molar-refractivity contribution in [1.82, 2.24) is 0 Å². The first kappa shape index (κ1) is 225. The third-order valence-electron chi connectivity index (χ3n) is 10.4. The molecule has 5 aromatic rings. The third kappa shape index (κ3) is 188. The van der Waals surface area contributed by atoms with E-state index in [1.54, 1.807) is 91.2 Å². The molecular formula is C69H116O29W27. The molecule has 0 bridgehead atoms. The van der Waals surface area contributed by atoms with E-state index in [-0.39, 0.29) is 638 Å². The van der Waals surface area contributed by atoms with Crippen LogP contribution in [0.1, 0.15) is 13.3 Å². The molecule has 5 rings (SSSR count). The Morgan fingerprint density at radius 2 is 0.296 bits per heavy atom. The molecule has 728 valence electrons. The molecule has 0 atom stereocenters. The number of phenols is 4. The van der Waals surface area contributed by atoms with Gasteiger partial charge in [0.25, 0.3) is 0 Å². The van der Waals surface area contributed by atoms with E-state index in [0.717, 1.165) is 48.4 Å². The maximum Gasteiger partial charge on any atom is 0.119 e. The summed E-state index contributed by atoms with van der Waals surface area (Å²) in [5.74, 6) is 5.38. The van der Waals surface area contributed by atoms with Crippen LogP contribution in [-0.4, -0.2) is 304 Å². The first-order valence-corrected chi connectivity index (χ1v) is 31.5. The summed E-state index contributed by atoms with van der Waals surface area (Å²) < 4.78 is 90.4. The molecule has 56 heteroatoms. The zero-order valence-electron chi connectivity index (χ0n) is 69.5. The van der Waals surface area contributed by atoms with E-state index in [2.05, 4.69) is 21.1 Å². The zero-order chi connectivity index (χ0) is 73.3. The largest absolute Gasteiger partial charge is 0.508 e. The molecule has 0 aromatic heterocycles. The van der Waals surface area contributed by atoms with E-state index >= 15 is 0 Å². The maximum atomic E-state index is 8.99. The molecule has 0 saturated carbocycles. The van der Waals surface area contributed by atoms with Gasteiger partial charge in [-0.05, 0) is 128 Å². The first-order valence-electron chi connectivity index (χ1n) is 31.5. The molecule has 0 spiro atoms. The van der Waals surface area contributed by atoms with Crippen molar-refractivity contribution in [2.45, 2.75) is 13.3 Å². The number of benzene rings is 5. The number of phenolic OH excluding ortho intramolecular Hbond substituents is 4. The summed E-state index contributed by atoms with van der Waals surface area (Å²) in [5.41, 5.74) is 0. The van der Waals surface area contributed by atoms with Gasteiger partial charge in [0.2, 0.25) is 0 Å². The van der Waals surface area contributed by atoms with Gasteiger partial charge in [0.1, 0.15) is 83.9 Å². The summed E-state index contributed by atoms with van der Waals surface area (Å²) in [6.45, 7) is 14.4. The van der Waals surface area contributed by atoms with Crippen LogP contribution in [0.4, 0.5) is 0 Å².